The minimum atomic E-state index is -0.0460. The van der Waals surface area contributed by atoms with Gasteiger partial charge in [0, 0.05) is 23.7 Å². The van der Waals surface area contributed by atoms with Crippen molar-refractivity contribution in [3.63, 3.8) is 0 Å². The van der Waals surface area contributed by atoms with Crippen molar-refractivity contribution in [1.82, 2.24) is 5.32 Å². The van der Waals surface area contributed by atoms with Crippen LogP contribution in [0.4, 0.5) is 11.4 Å². The number of benzene rings is 1. The summed E-state index contributed by atoms with van der Waals surface area (Å²) in [6, 6.07) is 7.24. The normalized spacial score (nSPS) is 14.8. The number of hydrogen-bond acceptors (Lipinski definition) is 3. The van der Waals surface area contributed by atoms with Crippen molar-refractivity contribution in [2.75, 3.05) is 10.6 Å². The van der Waals surface area contributed by atoms with Crippen LogP contribution in [0.1, 0.15) is 45.4 Å². The van der Waals surface area contributed by atoms with Gasteiger partial charge in [0.1, 0.15) is 0 Å². The third-order valence-corrected chi connectivity index (χ3v) is 4.14. The summed E-state index contributed by atoms with van der Waals surface area (Å²) in [7, 11) is 0. The molecule has 1 aliphatic rings. The van der Waals surface area contributed by atoms with Gasteiger partial charge in [-0.25, -0.2) is 0 Å². The Morgan fingerprint density at radius 1 is 1.13 bits per heavy atom. The molecule has 0 spiro atoms. The van der Waals surface area contributed by atoms with Crippen LogP contribution >= 0.6 is 12.2 Å². The lowest BCUT2D eigenvalue weighted by Gasteiger charge is -2.21. The van der Waals surface area contributed by atoms with Crippen molar-refractivity contribution < 1.29 is 9.59 Å². The van der Waals surface area contributed by atoms with E-state index < -0.39 is 0 Å². The number of carbonyl (C=O) groups excluding carboxylic acids is 2. The first-order valence-electron chi connectivity index (χ1n) is 8.10. The van der Waals surface area contributed by atoms with Gasteiger partial charge in [-0.3, -0.25) is 9.59 Å². The zero-order valence-electron chi connectivity index (χ0n) is 13.4. The Hall–Kier alpha value is -1.95. The number of carbonyl (C=O) groups is 2. The number of anilines is 2. The average molecular weight is 333 g/mol. The lowest BCUT2D eigenvalue weighted by molar-refractivity contribution is -0.124. The third-order valence-electron chi connectivity index (χ3n) is 3.94. The second-order valence-electron chi connectivity index (χ2n) is 5.76. The van der Waals surface area contributed by atoms with Crippen molar-refractivity contribution in [3.05, 3.63) is 24.3 Å². The molecule has 0 unspecified atom stereocenters. The van der Waals surface area contributed by atoms with E-state index in [-0.39, 0.29) is 17.7 Å². The van der Waals surface area contributed by atoms with Gasteiger partial charge in [-0.2, -0.15) is 0 Å². The molecule has 2 rings (SSSR count). The van der Waals surface area contributed by atoms with Crippen LogP contribution in [0.15, 0.2) is 24.3 Å². The number of amides is 2. The maximum absolute atomic E-state index is 12.2. The van der Waals surface area contributed by atoms with Crippen molar-refractivity contribution in [2.45, 2.75) is 45.4 Å². The van der Waals surface area contributed by atoms with Gasteiger partial charge in [-0.05, 0) is 43.3 Å². The fourth-order valence-corrected chi connectivity index (χ4v) is 2.88. The van der Waals surface area contributed by atoms with E-state index in [9.17, 15) is 9.59 Å². The predicted octanol–water partition coefficient (Wildman–Crippen LogP) is 3.43. The van der Waals surface area contributed by atoms with Gasteiger partial charge in [0.25, 0.3) is 0 Å². The molecule has 1 aromatic carbocycles. The first-order chi connectivity index (χ1) is 11.1. The maximum Gasteiger partial charge on any atom is 0.229 e. The Labute approximate surface area is 142 Å². The molecular weight excluding hydrogens is 310 g/mol. The molecule has 0 heterocycles. The lowest BCUT2D eigenvalue weighted by Crippen LogP contribution is -2.39. The zero-order chi connectivity index (χ0) is 16.7. The summed E-state index contributed by atoms with van der Waals surface area (Å²) < 4.78 is 0. The maximum atomic E-state index is 12.2. The highest BCUT2D eigenvalue weighted by Gasteiger charge is 2.21. The zero-order valence-corrected chi connectivity index (χ0v) is 14.2. The Morgan fingerprint density at radius 3 is 2.43 bits per heavy atom. The van der Waals surface area contributed by atoms with Gasteiger partial charge < -0.3 is 16.0 Å². The minimum absolute atomic E-state index is 0.00218. The topological polar surface area (TPSA) is 70.2 Å². The highest BCUT2D eigenvalue weighted by Crippen LogP contribution is 2.23. The van der Waals surface area contributed by atoms with Crippen LogP contribution in [0, 0.1) is 5.92 Å². The Balaban J connectivity index is 1.88. The van der Waals surface area contributed by atoms with E-state index in [0.717, 1.165) is 31.4 Å². The molecule has 1 aromatic rings. The number of hydrogen-bond donors (Lipinski definition) is 3. The van der Waals surface area contributed by atoms with Crippen LogP contribution in [0.3, 0.4) is 0 Å². The van der Waals surface area contributed by atoms with E-state index in [2.05, 4.69) is 16.0 Å². The van der Waals surface area contributed by atoms with Crippen molar-refractivity contribution in [1.29, 1.82) is 0 Å². The number of rotatable bonds is 4. The van der Waals surface area contributed by atoms with E-state index in [1.165, 1.54) is 6.42 Å². The predicted molar refractivity (Wildman–Crippen MR) is 96.3 cm³/mol. The first kappa shape index (κ1) is 17.4. The Bertz CT molecular complexity index is 583. The summed E-state index contributed by atoms with van der Waals surface area (Å²) >= 11 is 5.21. The molecule has 1 saturated carbocycles. The van der Waals surface area contributed by atoms with Crippen molar-refractivity contribution in [3.8, 4) is 0 Å². The van der Waals surface area contributed by atoms with Gasteiger partial charge in [0.05, 0.1) is 0 Å². The summed E-state index contributed by atoms with van der Waals surface area (Å²) in [4.78, 5) is 23.6. The van der Waals surface area contributed by atoms with Crippen molar-refractivity contribution in [2.24, 2.45) is 5.92 Å². The number of nitrogens with one attached hydrogen (secondary N) is 3. The SMILES string of the molecule is CCC(=O)Nc1cccc(NC(=S)NC(=O)C2CCCCC2)c1. The summed E-state index contributed by atoms with van der Waals surface area (Å²) in [5.74, 6) is 0.0200. The highest BCUT2D eigenvalue weighted by atomic mass is 32.1. The molecule has 0 saturated heterocycles. The minimum Gasteiger partial charge on any atom is -0.332 e. The molecule has 0 bridgehead atoms. The lowest BCUT2D eigenvalue weighted by atomic mass is 9.89. The van der Waals surface area contributed by atoms with E-state index in [1.807, 2.05) is 18.2 Å². The molecule has 0 aromatic heterocycles. The molecule has 23 heavy (non-hydrogen) atoms. The van der Waals surface area contributed by atoms with E-state index in [1.54, 1.807) is 13.0 Å². The number of thiocarbonyl (C=S) groups is 1. The smallest absolute Gasteiger partial charge is 0.229 e. The molecule has 5 nitrogen and oxygen atoms in total. The summed E-state index contributed by atoms with van der Waals surface area (Å²) in [5, 5.41) is 8.83. The summed E-state index contributed by atoms with van der Waals surface area (Å²) in [6.07, 6.45) is 5.73. The van der Waals surface area contributed by atoms with E-state index >= 15 is 0 Å². The second kappa shape index (κ2) is 8.62. The van der Waals surface area contributed by atoms with Gasteiger partial charge in [-0.15, -0.1) is 0 Å². The Kier molecular flexibility index (Phi) is 6.52. The molecular formula is C17H23N3O2S. The van der Waals surface area contributed by atoms with Crippen molar-refractivity contribution >= 4 is 40.5 Å². The molecule has 1 fully saturated rings. The van der Waals surface area contributed by atoms with Gasteiger partial charge in [-0.1, -0.05) is 32.3 Å². The summed E-state index contributed by atoms with van der Waals surface area (Å²) in [6.45, 7) is 1.80. The highest BCUT2D eigenvalue weighted by molar-refractivity contribution is 7.80. The molecule has 1 aliphatic carbocycles. The second-order valence-corrected chi connectivity index (χ2v) is 6.17. The van der Waals surface area contributed by atoms with Gasteiger partial charge in [0.15, 0.2) is 5.11 Å². The fraction of sp³-hybridized carbons (Fsp3) is 0.471. The van der Waals surface area contributed by atoms with E-state index in [4.69, 9.17) is 12.2 Å². The molecule has 3 N–H and O–H groups in total. The largest absolute Gasteiger partial charge is 0.332 e. The third kappa shape index (κ3) is 5.63. The quantitative estimate of drug-likeness (QED) is 0.738. The monoisotopic (exact) mass is 333 g/mol. The van der Waals surface area contributed by atoms with Crippen LogP contribution in [0.2, 0.25) is 0 Å². The van der Waals surface area contributed by atoms with Crippen LogP contribution in [-0.2, 0) is 9.59 Å². The first-order valence-corrected chi connectivity index (χ1v) is 8.51. The molecule has 0 aliphatic heterocycles. The summed E-state index contributed by atoms with van der Waals surface area (Å²) in [5.41, 5.74) is 1.43. The molecule has 2 amide bonds. The van der Waals surface area contributed by atoms with Crippen LogP contribution in [0.5, 0.6) is 0 Å². The van der Waals surface area contributed by atoms with Gasteiger partial charge in [0.2, 0.25) is 11.8 Å². The van der Waals surface area contributed by atoms with Gasteiger partial charge >= 0.3 is 0 Å². The molecule has 124 valence electrons. The van der Waals surface area contributed by atoms with Crippen LogP contribution < -0.4 is 16.0 Å². The molecule has 0 radical (unpaired) electrons. The average Bonchev–Trinajstić information content (AvgIpc) is 2.55. The van der Waals surface area contributed by atoms with Crippen LogP contribution in [-0.4, -0.2) is 16.9 Å². The Morgan fingerprint density at radius 2 is 1.78 bits per heavy atom. The fourth-order valence-electron chi connectivity index (χ4n) is 2.67. The van der Waals surface area contributed by atoms with E-state index in [0.29, 0.717) is 17.2 Å². The molecule has 0 atom stereocenters. The standard InChI is InChI=1S/C17H23N3O2S/c1-2-15(21)18-13-9-6-10-14(11-13)19-17(23)20-16(22)12-7-4-3-5-8-12/h6,9-12H,2-5,7-8H2,1H3,(H,18,21)(H2,19,20,22,23). The molecule has 6 heteroatoms. The van der Waals surface area contributed by atoms with Crippen LogP contribution in [0.25, 0.3) is 0 Å².